The van der Waals surface area contributed by atoms with Crippen molar-refractivity contribution in [1.82, 2.24) is 28.7 Å². The van der Waals surface area contributed by atoms with Gasteiger partial charge in [0.25, 0.3) is 0 Å². The summed E-state index contributed by atoms with van der Waals surface area (Å²) >= 11 is 0. The Balaban J connectivity index is 1.18. The number of ether oxygens (including phenoxy) is 3. The minimum Gasteiger partial charge on any atom is -0.387 e. The van der Waals surface area contributed by atoms with Crippen LogP contribution in [0.2, 0.25) is 0 Å². The number of aliphatic hydroxyl groups is 4. The second-order valence-electron chi connectivity index (χ2n) is 13.2. The number of aliphatic hydroxyl groups excluding tert-OH is 4. The Kier molecular flexibility index (Phi) is 13.8. The molecule has 31 nitrogen and oxygen atoms in total. The molecule has 61 heavy (non-hydrogen) atoms. The number of aromatic nitrogens is 6. The van der Waals surface area contributed by atoms with Crippen molar-refractivity contribution in [3.63, 3.8) is 0 Å². The Morgan fingerprint density at radius 3 is 1.23 bits per heavy atom. The van der Waals surface area contributed by atoms with Crippen LogP contribution in [-0.2, 0) is 50.5 Å². The minimum absolute atomic E-state index is 0.161. The zero-order valence-electron chi connectivity index (χ0n) is 30.6. The molecule has 0 bridgehead atoms. The van der Waals surface area contributed by atoms with Crippen LogP contribution in [0.4, 0.5) is 17.5 Å². The van der Waals surface area contributed by atoms with E-state index in [2.05, 4.69) is 19.5 Å². The second kappa shape index (κ2) is 18.1. The van der Waals surface area contributed by atoms with Crippen molar-refractivity contribution in [2.45, 2.75) is 73.6 Å². The van der Waals surface area contributed by atoms with Crippen molar-refractivity contribution >= 4 is 40.9 Å². The van der Waals surface area contributed by atoms with Crippen LogP contribution >= 0.6 is 23.5 Å². The van der Waals surface area contributed by atoms with Gasteiger partial charge in [0.1, 0.15) is 72.4 Å². The number of rotatable bonds is 16. The minimum atomic E-state index is -5.55. The molecule has 14 N–H and O–H groups in total. The highest BCUT2D eigenvalue weighted by Crippen LogP contribution is 2.52. The number of nitrogen functional groups attached to an aromatic ring is 3. The predicted octanol–water partition coefficient (Wildman–Crippen LogP) is -5.25. The first-order valence-corrected chi connectivity index (χ1v) is 21.7. The Labute approximate surface area is 338 Å². The Morgan fingerprint density at radius 2 is 0.869 bits per heavy atom. The maximum Gasteiger partial charge on any atom is 0.472 e. The van der Waals surface area contributed by atoms with Gasteiger partial charge < -0.3 is 71.4 Å². The van der Waals surface area contributed by atoms with E-state index in [1.54, 1.807) is 0 Å². The van der Waals surface area contributed by atoms with E-state index < -0.39 is 134 Å². The van der Waals surface area contributed by atoms with Crippen LogP contribution in [0.5, 0.6) is 0 Å². The van der Waals surface area contributed by atoms with Crippen molar-refractivity contribution in [3.8, 4) is 0 Å². The van der Waals surface area contributed by atoms with E-state index in [0.29, 0.717) is 9.13 Å². The zero-order valence-corrected chi connectivity index (χ0v) is 33.2. The maximum absolute atomic E-state index is 13.4. The quantitative estimate of drug-likeness (QED) is 0.0598. The van der Waals surface area contributed by atoms with Crippen LogP contribution in [-0.4, -0.2) is 143 Å². The molecule has 0 saturated carbocycles. The molecule has 0 amide bonds. The van der Waals surface area contributed by atoms with Gasteiger partial charge >= 0.3 is 40.5 Å². The van der Waals surface area contributed by atoms with Gasteiger partial charge in [0.2, 0.25) is 0 Å². The van der Waals surface area contributed by atoms with Crippen LogP contribution in [0.15, 0.2) is 51.2 Å². The van der Waals surface area contributed by atoms with Crippen LogP contribution < -0.4 is 34.3 Å². The fourth-order valence-electron chi connectivity index (χ4n) is 6.26. The molecule has 6 rings (SSSR count). The molecular weight excluding hydrogens is 895 g/mol. The molecule has 3 fully saturated rings. The van der Waals surface area contributed by atoms with Gasteiger partial charge in [-0.05, 0) is 18.2 Å². The summed E-state index contributed by atoms with van der Waals surface area (Å²) < 4.78 is 81.5. The number of nitrogens with zero attached hydrogens (tertiary/aromatic N) is 6. The molecular formula is C27H38N9O22P3. The predicted molar refractivity (Wildman–Crippen MR) is 194 cm³/mol. The summed E-state index contributed by atoms with van der Waals surface area (Å²) in [5, 5.41) is 43.3. The molecule has 0 aliphatic carbocycles. The normalized spacial score (nSPS) is 32.5. The SMILES string of the molecule is Nc1ccn([C@@H]2O[C@H](COP(=O)(O)O[C@H]3[C@@H](O)[C@H](n4ccc(N)nc4=O)O[C@@H]3COP(=O)(O)O[C@H]3[C@@H](O)[C@H](n4ccc(N)nc4=O)O[C@@H]3COP(=O)(O)O)[C@@H](O)[C@H]2O)c(=O)n1. The van der Waals surface area contributed by atoms with Gasteiger partial charge in [-0.3, -0.25) is 36.3 Å². The van der Waals surface area contributed by atoms with Gasteiger partial charge in [-0.1, -0.05) is 0 Å². The van der Waals surface area contributed by atoms with Gasteiger partial charge in [-0.15, -0.1) is 0 Å². The molecule has 14 atom stereocenters. The fourth-order valence-corrected chi connectivity index (χ4v) is 8.53. The third-order valence-electron chi connectivity index (χ3n) is 9.05. The third kappa shape index (κ3) is 10.8. The van der Waals surface area contributed by atoms with Gasteiger partial charge in [0.15, 0.2) is 18.7 Å². The zero-order chi connectivity index (χ0) is 44.8. The average Bonchev–Trinajstić information content (AvgIpc) is 3.73. The smallest absolute Gasteiger partial charge is 0.387 e. The summed E-state index contributed by atoms with van der Waals surface area (Å²) in [6, 6.07) is 3.42. The molecule has 338 valence electrons. The van der Waals surface area contributed by atoms with Crippen molar-refractivity contribution in [2.75, 3.05) is 37.0 Å². The molecule has 2 unspecified atom stereocenters. The lowest BCUT2D eigenvalue weighted by Gasteiger charge is -2.26. The summed E-state index contributed by atoms with van der Waals surface area (Å²) in [6.45, 7) is -3.30. The van der Waals surface area contributed by atoms with E-state index in [1.165, 1.54) is 6.07 Å². The van der Waals surface area contributed by atoms with E-state index in [9.17, 15) is 68.1 Å². The number of nitrogens with two attached hydrogens (primary N) is 3. The summed E-state index contributed by atoms with van der Waals surface area (Å²) in [5.41, 5.74) is 13.3. The average molecular weight is 934 g/mol. The van der Waals surface area contributed by atoms with Gasteiger partial charge in [-0.2, -0.15) is 15.0 Å². The van der Waals surface area contributed by atoms with Crippen LogP contribution in [0.1, 0.15) is 18.7 Å². The molecule has 6 heterocycles. The van der Waals surface area contributed by atoms with Crippen LogP contribution in [0.25, 0.3) is 0 Å². The molecule has 3 aliphatic rings. The van der Waals surface area contributed by atoms with Gasteiger partial charge in [0, 0.05) is 18.6 Å². The first kappa shape index (κ1) is 46.6. The second-order valence-corrected chi connectivity index (χ2v) is 17.3. The lowest BCUT2D eigenvalue weighted by atomic mass is 10.1. The first-order valence-electron chi connectivity index (χ1n) is 17.2. The van der Waals surface area contributed by atoms with Crippen LogP contribution in [0.3, 0.4) is 0 Å². The standard InChI is InChI=1S/C27H38N9O22P3/c28-13-1-4-34(25(41)31-13)22-17(38)16(37)10(54-22)7-52-60(47,48)58-21-12(56-24(19(21)40)36-6-3-15(30)33-27(36)43)9-53-61(49,50)57-20-11(8-51-59(44,45)46)55-23(18(20)39)35-5-2-14(29)32-26(35)42/h1-6,10-12,16-24,37-40H,7-9H2,(H,47,48)(H,49,50)(H2,28,31,41)(H2,29,32,42)(H2,30,33,43)(H2,44,45,46)/t10-,11-,12-,16-,17-,18-,19-,20-,21-,22-,23-,24-/m1/s1. The molecule has 3 saturated heterocycles. The van der Waals surface area contributed by atoms with Gasteiger partial charge in [0.05, 0.1) is 19.8 Å². The number of phosphoric ester groups is 3. The highest BCUT2D eigenvalue weighted by Gasteiger charge is 2.53. The van der Waals surface area contributed by atoms with Crippen molar-refractivity contribution in [2.24, 2.45) is 0 Å². The number of hydrogen-bond donors (Lipinski definition) is 11. The third-order valence-corrected chi connectivity index (χ3v) is 11.5. The Morgan fingerprint density at radius 1 is 0.541 bits per heavy atom. The molecule has 0 spiro atoms. The molecule has 34 heteroatoms. The summed E-state index contributed by atoms with van der Waals surface area (Å²) in [4.78, 5) is 87.8. The van der Waals surface area contributed by atoms with Crippen molar-refractivity contribution < 1.29 is 90.5 Å². The number of anilines is 3. The van der Waals surface area contributed by atoms with E-state index >= 15 is 0 Å². The summed E-state index contributed by atoms with van der Waals surface area (Å²) in [7, 11) is -16.2. The van der Waals surface area contributed by atoms with E-state index in [4.69, 9.17) is 49.5 Å². The number of phosphoric acid groups is 3. The highest BCUT2D eigenvalue weighted by atomic mass is 31.2. The largest absolute Gasteiger partial charge is 0.472 e. The summed E-state index contributed by atoms with van der Waals surface area (Å²) in [6.07, 6.45) is -19.3. The molecule has 3 aliphatic heterocycles. The lowest BCUT2D eigenvalue weighted by molar-refractivity contribution is -0.0641. The van der Waals surface area contributed by atoms with Crippen LogP contribution in [0, 0.1) is 0 Å². The fraction of sp³-hybridized carbons (Fsp3) is 0.556. The number of hydrogen-bond acceptors (Lipinski definition) is 24. The summed E-state index contributed by atoms with van der Waals surface area (Å²) in [5.74, 6) is -0.647. The lowest BCUT2D eigenvalue weighted by Crippen LogP contribution is -2.39. The van der Waals surface area contributed by atoms with Gasteiger partial charge in [-0.25, -0.2) is 28.1 Å². The topological polar surface area (TPSA) is 470 Å². The van der Waals surface area contributed by atoms with Crippen molar-refractivity contribution in [3.05, 3.63) is 68.2 Å². The first-order chi connectivity index (χ1) is 28.4. The van der Waals surface area contributed by atoms with E-state index in [0.717, 1.165) is 35.3 Å². The molecule has 3 aromatic heterocycles. The maximum atomic E-state index is 13.4. The molecule has 0 aromatic carbocycles. The highest BCUT2D eigenvalue weighted by molar-refractivity contribution is 7.47. The van der Waals surface area contributed by atoms with E-state index in [-0.39, 0.29) is 17.5 Å². The van der Waals surface area contributed by atoms with Crippen molar-refractivity contribution in [1.29, 1.82) is 0 Å². The Hall–Kier alpha value is -3.91. The van der Waals surface area contributed by atoms with E-state index in [1.807, 2.05) is 0 Å². The Bertz CT molecular complexity index is 2400. The molecule has 0 radical (unpaired) electrons. The monoisotopic (exact) mass is 933 g/mol. The molecule has 3 aromatic rings.